The van der Waals surface area contributed by atoms with E-state index in [1.54, 1.807) is 12.1 Å². The van der Waals surface area contributed by atoms with Crippen molar-refractivity contribution >= 4 is 16.7 Å². The second kappa shape index (κ2) is 6.25. The number of rotatable bonds is 2. The molecular formula is C21H18F2N2O2. The number of carbonyl (C=O) groups is 1. The first kappa shape index (κ1) is 16.6. The van der Waals surface area contributed by atoms with Gasteiger partial charge in [-0.05, 0) is 37.6 Å². The maximum absolute atomic E-state index is 14.8. The number of ketones is 1. The molecule has 2 aliphatic heterocycles. The van der Waals surface area contributed by atoms with Crippen LogP contribution in [-0.2, 0) is 11.3 Å². The standard InChI is InChI=1S/C21H18F2N2O2/c22-14-7-11(8-15(23)20(14)16-5-2-6-24-16)21-13-9-27-10-18(26)12-3-1-4-17(25-21)19(12)13/h1,3-4,7-8,16,24-25H,2,5-6,9-10H2/t16-/m1/s1. The number of Topliss-reactive ketones (excluding diaryl/α,β-unsaturated/α-hetero) is 1. The van der Waals surface area contributed by atoms with Gasteiger partial charge in [0.25, 0.3) is 0 Å². The highest BCUT2D eigenvalue weighted by Crippen LogP contribution is 2.37. The monoisotopic (exact) mass is 368 g/mol. The van der Waals surface area contributed by atoms with Gasteiger partial charge in [-0.25, -0.2) is 8.78 Å². The topological polar surface area (TPSA) is 54.1 Å². The zero-order chi connectivity index (χ0) is 18.5. The van der Waals surface area contributed by atoms with Crippen LogP contribution in [0.25, 0.3) is 22.2 Å². The number of carbonyl (C=O) groups excluding carboxylic acids is 1. The van der Waals surface area contributed by atoms with Gasteiger partial charge in [0, 0.05) is 39.2 Å². The molecule has 1 aromatic heterocycles. The lowest BCUT2D eigenvalue weighted by atomic mass is 9.98. The molecule has 0 bridgehead atoms. The number of hydrogen-bond acceptors (Lipinski definition) is 3. The van der Waals surface area contributed by atoms with Gasteiger partial charge in [0.15, 0.2) is 5.78 Å². The van der Waals surface area contributed by atoms with E-state index < -0.39 is 11.6 Å². The molecule has 0 spiro atoms. The Morgan fingerprint density at radius 2 is 1.93 bits per heavy atom. The summed E-state index contributed by atoms with van der Waals surface area (Å²) in [6.07, 6.45) is 1.63. The van der Waals surface area contributed by atoms with E-state index in [1.807, 2.05) is 6.07 Å². The highest BCUT2D eigenvalue weighted by atomic mass is 19.1. The maximum Gasteiger partial charge on any atom is 0.189 e. The molecule has 138 valence electrons. The van der Waals surface area contributed by atoms with Crippen LogP contribution in [0.15, 0.2) is 30.3 Å². The number of ether oxygens (including phenoxy) is 1. The zero-order valence-corrected chi connectivity index (χ0v) is 14.6. The molecule has 4 nitrogen and oxygen atoms in total. The Balaban J connectivity index is 1.69. The van der Waals surface area contributed by atoms with Crippen LogP contribution in [0.4, 0.5) is 8.78 Å². The lowest BCUT2D eigenvalue weighted by Crippen LogP contribution is -2.16. The lowest BCUT2D eigenvalue weighted by molar-refractivity contribution is 0.0742. The number of benzene rings is 2. The summed E-state index contributed by atoms with van der Waals surface area (Å²) < 4.78 is 35.1. The highest BCUT2D eigenvalue weighted by molar-refractivity contribution is 6.11. The molecule has 0 amide bonds. The summed E-state index contributed by atoms with van der Waals surface area (Å²) in [6.45, 7) is 0.987. The fourth-order valence-electron chi connectivity index (χ4n) is 4.26. The number of aromatic amines is 1. The van der Waals surface area contributed by atoms with E-state index in [1.165, 1.54) is 12.1 Å². The van der Waals surface area contributed by atoms with Crippen molar-refractivity contribution < 1.29 is 18.3 Å². The summed E-state index contributed by atoms with van der Waals surface area (Å²) in [5.41, 5.74) is 3.22. The summed E-state index contributed by atoms with van der Waals surface area (Å²) >= 11 is 0. The molecule has 3 heterocycles. The lowest BCUT2D eigenvalue weighted by Gasteiger charge is -2.14. The fraction of sp³-hybridized carbons (Fsp3) is 0.286. The van der Waals surface area contributed by atoms with Gasteiger partial charge in [-0.1, -0.05) is 12.1 Å². The maximum atomic E-state index is 14.8. The van der Waals surface area contributed by atoms with E-state index >= 15 is 0 Å². The van der Waals surface area contributed by atoms with Crippen molar-refractivity contribution in [2.24, 2.45) is 0 Å². The van der Waals surface area contributed by atoms with E-state index in [9.17, 15) is 13.6 Å². The van der Waals surface area contributed by atoms with Crippen LogP contribution >= 0.6 is 0 Å². The van der Waals surface area contributed by atoms with Crippen LogP contribution in [0.1, 0.15) is 40.4 Å². The minimum Gasteiger partial charge on any atom is -0.369 e. The molecular weight excluding hydrogens is 350 g/mol. The van der Waals surface area contributed by atoms with E-state index in [4.69, 9.17) is 4.74 Å². The Hall–Kier alpha value is -2.57. The van der Waals surface area contributed by atoms with Gasteiger partial charge < -0.3 is 15.0 Å². The Labute approximate surface area is 154 Å². The molecule has 0 radical (unpaired) electrons. The summed E-state index contributed by atoms with van der Waals surface area (Å²) in [6, 6.07) is 7.86. The van der Waals surface area contributed by atoms with E-state index in [0.29, 0.717) is 16.8 Å². The van der Waals surface area contributed by atoms with E-state index in [0.717, 1.165) is 35.9 Å². The quantitative estimate of drug-likeness (QED) is 0.711. The molecule has 0 aliphatic carbocycles. The molecule has 6 heteroatoms. The van der Waals surface area contributed by atoms with Crippen LogP contribution in [0.2, 0.25) is 0 Å². The van der Waals surface area contributed by atoms with Crippen molar-refractivity contribution in [3.63, 3.8) is 0 Å². The Kier molecular flexibility index (Phi) is 3.84. The van der Waals surface area contributed by atoms with Gasteiger partial charge in [-0.3, -0.25) is 4.79 Å². The first-order valence-corrected chi connectivity index (χ1v) is 9.10. The third-order valence-electron chi connectivity index (χ3n) is 5.48. The molecule has 27 heavy (non-hydrogen) atoms. The number of halogens is 2. The predicted octanol–water partition coefficient (Wildman–Crippen LogP) is 4.25. The minimum atomic E-state index is -0.555. The third-order valence-corrected chi connectivity index (χ3v) is 5.48. The first-order chi connectivity index (χ1) is 13.1. The normalized spacial score (nSPS) is 19.6. The van der Waals surface area contributed by atoms with Crippen molar-refractivity contribution in [3.05, 3.63) is 58.7 Å². The number of aromatic nitrogens is 1. The average Bonchev–Trinajstić information content (AvgIpc) is 3.25. The van der Waals surface area contributed by atoms with Crippen LogP contribution in [0, 0.1) is 11.6 Å². The van der Waals surface area contributed by atoms with Crippen molar-refractivity contribution in [3.8, 4) is 11.3 Å². The molecule has 1 saturated heterocycles. The third kappa shape index (κ3) is 2.59. The second-order valence-electron chi connectivity index (χ2n) is 7.13. The summed E-state index contributed by atoms with van der Waals surface area (Å²) in [5, 5.41) is 3.92. The fourth-order valence-corrected chi connectivity index (χ4v) is 4.26. The Bertz CT molecular complexity index is 1040. The van der Waals surface area contributed by atoms with Gasteiger partial charge in [-0.15, -0.1) is 0 Å². The van der Waals surface area contributed by atoms with Crippen molar-refractivity contribution in [2.75, 3.05) is 13.2 Å². The van der Waals surface area contributed by atoms with Crippen LogP contribution in [0.3, 0.4) is 0 Å². The molecule has 2 N–H and O–H groups in total. The Morgan fingerprint density at radius 1 is 1.11 bits per heavy atom. The van der Waals surface area contributed by atoms with Gasteiger partial charge in [0.05, 0.1) is 12.3 Å². The second-order valence-corrected chi connectivity index (χ2v) is 7.13. The van der Waals surface area contributed by atoms with E-state index in [-0.39, 0.29) is 30.6 Å². The van der Waals surface area contributed by atoms with Crippen LogP contribution < -0.4 is 5.32 Å². The highest BCUT2D eigenvalue weighted by Gasteiger charge is 2.27. The smallest absolute Gasteiger partial charge is 0.189 e. The van der Waals surface area contributed by atoms with Crippen LogP contribution in [0.5, 0.6) is 0 Å². The van der Waals surface area contributed by atoms with Crippen molar-refractivity contribution in [1.29, 1.82) is 0 Å². The summed E-state index contributed by atoms with van der Waals surface area (Å²) in [5.74, 6) is -1.20. The summed E-state index contributed by atoms with van der Waals surface area (Å²) in [7, 11) is 0. The summed E-state index contributed by atoms with van der Waals surface area (Å²) in [4.78, 5) is 15.5. The molecule has 5 rings (SSSR count). The van der Waals surface area contributed by atoms with Crippen LogP contribution in [-0.4, -0.2) is 23.9 Å². The molecule has 3 aromatic rings. The molecule has 1 fully saturated rings. The zero-order valence-electron chi connectivity index (χ0n) is 14.6. The molecule has 1 atom stereocenters. The minimum absolute atomic E-state index is 0.00223. The molecule has 0 saturated carbocycles. The van der Waals surface area contributed by atoms with Gasteiger partial charge in [0.2, 0.25) is 0 Å². The van der Waals surface area contributed by atoms with Crippen molar-refractivity contribution in [1.82, 2.24) is 10.3 Å². The first-order valence-electron chi connectivity index (χ1n) is 9.10. The molecule has 2 aliphatic rings. The Morgan fingerprint density at radius 3 is 2.67 bits per heavy atom. The van der Waals surface area contributed by atoms with E-state index in [2.05, 4.69) is 10.3 Å². The van der Waals surface area contributed by atoms with Crippen molar-refractivity contribution in [2.45, 2.75) is 25.5 Å². The largest absolute Gasteiger partial charge is 0.369 e. The van der Waals surface area contributed by atoms with Gasteiger partial charge in [0.1, 0.15) is 18.2 Å². The SMILES string of the molecule is O=C1COCc2c(-c3cc(F)c([C@H]4CCCN4)c(F)c3)[nH]c3cccc1c23. The average molecular weight is 368 g/mol. The molecule has 0 unspecified atom stereocenters. The number of hydrogen-bond donors (Lipinski definition) is 2. The number of H-pyrrole nitrogens is 1. The number of nitrogens with one attached hydrogen (secondary N) is 2. The predicted molar refractivity (Wildman–Crippen MR) is 97.6 cm³/mol. The van der Waals surface area contributed by atoms with Gasteiger partial charge >= 0.3 is 0 Å². The molecule has 2 aromatic carbocycles. The van der Waals surface area contributed by atoms with Gasteiger partial charge in [-0.2, -0.15) is 0 Å².